The fourth-order valence-corrected chi connectivity index (χ4v) is 3.14. The van der Waals surface area contributed by atoms with Gasteiger partial charge < -0.3 is 9.30 Å². The summed E-state index contributed by atoms with van der Waals surface area (Å²) in [4.78, 5) is 10.3. The molecule has 6 nitrogen and oxygen atoms in total. The Bertz CT molecular complexity index is 1010. The van der Waals surface area contributed by atoms with Gasteiger partial charge in [0.1, 0.15) is 5.82 Å². The van der Waals surface area contributed by atoms with Crippen molar-refractivity contribution in [1.29, 1.82) is 0 Å². The second-order valence-electron chi connectivity index (χ2n) is 5.22. The van der Waals surface area contributed by atoms with E-state index in [9.17, 15) is 0 Å². The van der Waals surface area contributed by atoms with Gasteiger partial charge in [0, 0.05) is 19.4 Å². The Hall–Kier alpha value is -2.93. The number of nitrogens with zero attached hydrogens (tertiary/aromatic N) is 5. The number of thiophene rings is 1. The van der Waals surface area contributed by atoms with E-state index in [1.165, 1.54) is 0 Å². The Balaban J connectivity index is 1.66. The molecule has 7 heteroatoms. The summed E-state index contributed by atoms with van der Waals surface area (Å²) in [5.74, 6) is 2.16. The minimum Gasteiger partial charge on any atom is -0.493 e. The molecule has 4 heterocycles. The van der Waals surface area contributed by atoms with Crippen LogP contribution in [0.1, 0.15) is 11.6 Å². The van der Waals surface area contributed by atoms with Crippen molar-refractivity contribution in [3.05, 3.63) is 53.7 Å². The van der Waals surface area contributed by atoms with Gasteiger partial charge in [0.05, 0.1) is 17.7 Å². The first kappa shape index (κ1) is 14.6. The van der Waals surface area contributed by atoms with Gasteiger partial charge in [-0.3, -0.25) is 0 Å². The number of aryl methyl sites for hydroxylation is 1. The van der Waals surface area contributed by atoms with Gasteiger partial charge in [-0.25, -0.2) is 14.5 Å². The van der Waals surface area contributed by atoms with Gasteiger partial charge >= 0.3 is 0 Å². The van der Waals surface area contributed by atoms with Crippen LogP contribution in [-0.4, -0.2) is 31.3 Å². The monoisotopic (exact) mass is 337 g/mol. The molecular weight excluding hydrogens is 322 g/mol. The van der Waals surface area contributed by atoms with E-state index < -0.39 is 0 Å². The molecule has 0 radical (unpaired) electrons. The van der Waals surface area contributed by atoms with Gasteiger partial charge in [-0.2, -0.15) is 0 Å². The number of pyridine rings is 1. The largest absolute Gasteiger partial charge is 0.493 e. The molecule has 4 aromatic rings. The van der Waals surface area contributed by atoms with Gasteiger partial charge in [-0.1, -0.05) is 6.07 Å². The summed E-state index contributed by atoms with van der Waals surface area (Å²) in [6.07, 6.45) is 7.63. The van der Waals surface area contributed by atoms with E-state index in [0.29, 0.717) is 17.2 Å². The second-order valence-corrected chi connectivity index (χ2v) is 6.17. The molecule has 0 bridgehead atoms. The Kier molecular flexibility index (Phi) is 3.62. The lowest BCUT2D eigenvalue weighted by Crippen LogP contribution is -1.90. The van der Waals surface area contributed by atoms with Gasteiger partial charge in [-0.05, 0) is 35.7 Å². The summed E-state index contributed by atoms with van der Waals surface area (Å²) in [5, 5.41) is 6.48. The molecule has 0 aromatic carbocycles. The molecule has 24 heavy (non-hydrogen) atoms. The Morgan fingerprint density at radius 1 is 1.17 bits per heavy atom. The highest BCUT2D eigenvalue weighted by Gasteiger charge is 2.08. The Morgan fingerprint density at radius 3 is 2.88 bits per heavy atom. The third kappa shape index (κ3) is 2.59. The summed E-state index contributed by atoms with van der Waals surface area (Å²) in [6, 6.07) is 7.83. The molecule has 0 atom stereocenters. The number of fused-ring (bicyclic) bond motifs is 1. The first-order valence-corrected chi connectivity index (χ1v) is 8.27. The maximum absolute atomic E-state index is 5.30. The zero-order valence-electron chi connectivity index (χ0n) is 13.2. The zero-order valence-corrected chi connectivity index (χ0v) is 14.1. The van der Waals surface area contributed by atoms with E-state index in [4.69, 9.17) is 4.74 Å². The number of hydrogen-bond acceptors (Lipinski definition) is 5. The lowest BCUT2D eigenvalue weighted by molar-refractivity contribution is 0.416. The van der Waals surface area contributed by atoms with E-state index in [1.807, 2.05) is 59.7 Å². The van der Waals surface area contributed by atoms with Gasteiger partial charge in [0.2, 0.25) is 0 Å². The SMILES string of the molecule is COc1cccn2nc(/C=C/c3nc(-c4cccs4)cn3C)nc12. The van der Waals surface area contributed by atoms with Crippen LogP contribution in [0.25, 0.3) is 28.4 Å². The molecular formula is C17H15N5OS. The average molecular weight is 337 g/mol. The maximum Gasteiger partial charge on any atom is 0.198 e. The first-order chi connectivity index (χ1) is 11.7. The molecule has 0 aliphatic heterocycles. The van der Waals surface area contributed by atoms with Crippen molar-refractivity contribution in [2.75, 3.05) is 7.11 Å². The minimum absolute atomic E-state index is 0.611. The topological polar surface area (TPSA) is 57.2 Å². The summed E-state index contributed by atoms with van der Waals surface area (Å²) in [6.45, 7) is 0. The molecule has 120 valence electrons. The van der Waals surface area contributed by atoms with Crippen molar-refractivity contribution in [2.24, 2.45) is 7.05 Å². The first-order valence-electron chi connectivity index (χ1n) is 7.39. The van der Waals surface area contributed by atoms with Crippen molar-refractivity contribution in [2.45, 2.75) is 0 Å². The maximum atomic E-state index is 5.30. The predicted octanol–water partition coefficient (Wildman–Crippen LogP) is 3.37. The van der Waals surface area contributed by atoms with Crippen LogP contribution in [-0.2, 0) is 7.05 Å². The van der Waals surface area contributed by atoms with Crippen LogP contribution in [0.5, 0.6) is 5.75 Å². The highest BCUT2D eigenvalue weighted by Crippen LogP contribution is 2.24. The van der Waals surface area contributed by atoms with Crippen LogP contribution in [0.15, 0.2) is 42.0 Å². The third-order valence-corrected chi connectivity index (χ3v) is 4.52. The number of rotatable bonds is 4. The van der Waals surface area contributed by atoms with E-state index in [1.54, 1.807) is 23.0 Å². The zero-order chi connectivity index (χ0) is 16.5. The van der Waals surface area contributed by atoms with Gasteiger partial charge in [0.25, 0.3) is 0 Å². The molecule has 4 rings (SSSR count). The van der Waals surface area contributed by atoms with Crippen molar-refractivity contribution < 1.29 is 4.74 Å². The number of imidazole rings is 1. The molecule has 0 fully saturated rings. The van der Waals surface area contributed by atoms with Crippen molar-refractivity contribution >= 4 is 29.1 Å². The Labute approximate surface area is 142 Å². The average Bonchev–Trinajstić information content (AvgIpc) is 3.31. The van der Waals surface area contributed by atoms with E-state index in [0.717, 1.165) is 16.4 Å². The predicted molar refractivity (Wildman–Crippen MR) is 95.0 cm³/mol. The van der Waals surface area contributed by atoms with Crippen LogP contribution < -0.4 is 4.74 Å². The van der Waals surface area contributed by atoms with Gasteiger partial charge in [-0.15, -0.1) is 16.4 Å². The summed E-state index contributed by atoms with van der Waals surface area (Å²) < 4.78 is 9.00. The van der Waals surface area contributed by atoms with Crippen LogP contribution in [0.4, 0.5) is 0 Å². The summed E-state index contributed by atoms with van der Waals surface area (Å²) >= 11 is 1.68. The fourth-order valence-electron chi connectivity index (χ4n) is 2.46. The Morgan fingerprint density at radius 2 is 2.08 bits per heavy atom. The molecule has 0 saturated carbocycles. The second kappa shape index (κ2) is 5.93. The molecule has 0 spiro atoms. The number of aromatic nitrogens is 5. The van der Waals surface area contributed by atoms with Crippen LogP contribution in [0.3, 0.4) is 0 Å². The highest BCUT2D eigenvalue weighted by atomic mass is 32.1. The quantitative estimate of drug-likeness (QED) is 0.573. The van der Waals surface area contributed by atoms with Crippen LogP contribution in [0.2, 0.25) is 0 Å². The van der Waals surface area contributed by atoms with Gasteiger partial charge in [0.15, 0.2) is 17.2 Å². The van der Waals surface area contributed by atoms with E-state index in [-0.39, 0.29) is 0 Å². The standard InChI is InChI=1S/C17H15N5OS/c1-21-11-12(14-6-4-10-24-14)18-16(21)8-7-15-19-17-13(23-2)5-3-9-22(17)20-15/h3-11H,1-2H3/b8-7+. The number of ether oxygens (including phenoxy) is 1. The minimum atomic E-state index is 0.611. The molecule has 0 N–H and O–H groups in total. The van der Waals surface area contributed by atoms with Crippen LogP contribution >= 0.6 is 11.3 Å². The molecule has 0 aliphatic carbocycles. The normalized spacial score (nSPS) is 11.6. The molecule has 0 saturated heterocycles. The molecule has 0 unspecified atom stereocenters. The summed E-state index contributed by atoms with van der Waals surface area (Å²) in [5.41, 5.74) is 1.66. The third-order valence-electron chi connectivity index (χ3n) is 3.63. The molecule has 4 aromatic heterocycles. The van der Waals surface area contributed by atoms with E-state index in [2.05, 4.69) is 21.1 Å². The smallest absolute Gasteiger partial charge is 0.198 e. The van der Waals surface area contributed by atoms with Crippen molar-refractivity contribution in [1.82, 2.24) is 24.1 Å². The van der Waals surface area contributed by atoms with Crippen LogP contribution in [0, 0.1) is 0 Å². The van der Waals surface area contributed by atoms with Crippen molar-refractivity contribution in [3.63, 3.8) is 0 Å². The fraction of sp³-hybridized carbons (Fsp3) is 0.118. The molecule has 0 aliphatic rings. The highest BCUT2D eigenvalue weighted by molar-refractivity contribution is 7.13. The number of methoxy groups -OCH3 is 1. The van der Waals surface area contributed by atoms with Crippen molar-refractivity contribution in [3.8, 4) is 16.3 Å². The van der Waals surface area contributed by atoms with E-state index >= 15 is 0 Å². The lowest BCUT2D eigenvalue weighted by atomic mass is 10.4. The lowest BCUT2D eigenvalue weighted by Gasteiger charge is -1.98. The summed E-state index contributed by atoms with van der Waals surface area (Å²) in [7, 11) is 3.60. The number of hydrogen-bond donors (Lipinski definition) is 0. The molecule has 0 amide bonds.